The van der Waals surface area contributed by atoms with Gasteiger partial charge in [-0.2, -0.15) is 0 Å². The minimum Gasteiger partial charge on any atom is -0.379 e. The van der Waals surface area contributed by atoms with Crippen LogP contribution < -0.4 is 5.32 Å². The minimum absolute atomic E-state index is 0.0164. The molecule has 1 atom stereocenters. The molecule has 0 bridgehead atoms. The van der Waals surface area contributed by atoms with Crippen LogP contribution in [0.15, 0.2) is 42.7 Å². The molecule has 1 aromatic heterocycles. The van der Waals surface area contributed by atoms with Gasteiger partial charge in [-0.3, -0.25) is 4.90 Å². The number of amides is 2. The van der Waals surface area contributed by atoms with Crippen molar-refractivity contribution in [3.63, 3.8) is 0 Å². The molecule has 7 nitrogen and oxygen atoms in total. The van der Waals surface area contributed by atoms with E-state index < -0.39 is 0 Å². The number of benzene rings is 1. The highest BCUT2D eigenvalue weighted by molar-refractivity contribution is 5.75. The van der Waals surface area contributed by atoms with Crippen LogP contribution in [0.5, 0.6) is 0 Å². The van der Waals surface area contributed by atoms with Crippen molar-refractivity contribution in [3.05, 3.63) is 54.1 Å². The molecule has 3 heterocycles. The third kappa shape index (κ3) is 4.20. The molecule has 1 N–H and O–H groups in total. The summed E-state index contributed by atoms with van der Waals surface area (Å²) in [5, 5.41) is 3.21. The summed E-state index contributed by atoms with van der Waals surface area (Å²) in [5.41, 5.74) is 1.04. The molecule has 28 heavy (non-hydrogen) atoms. The molecule has 4 rings (SSSR count). The average molecular weight is 383 g/mol. The van der Waals surface area contributed by atoms with Crippen LogP contribution in [0, 0.1) is 0 Å². The summed E-state index contributed by atoms with van der Waals surface area (Å²) in [6, 6.07) is 10.3. The van der Waals surface area contributed by atoms with Crippen LogP contribution in [0.4, 0.5) is 4.79 Å². The second-order valence-corrected chi connectivity index (χ2v) is 7.56. The van der Waals surface area contributed by atoms with Crippen LogP contribution in [0.2, 0.25) is 0 Å². The molecule has 2 aliphatic heterocycles. The molecular formula is C21H29N5O2. The number of carbonyl (C=O) groups is 1. The lowest BCUT2D eigenvalue weighted by Gasteiger charge is -2.40. The van der Waals surface area contributed by atoms with Crippen LogP contribution in [0.25, 0.3) is 0 Å². The number of hydrogen-bond acceptors (Lipinski definition) is 4. The Bertz CT molecular complexity index is 764. The second-order valence-electron chi connectivity index (χ2n) is 7.56. The SMILES string of the molecule is Cn1ccnc1C(NC(=O)N1CCC(N2CCOCC2)CC1)c1ccccc1. The maximum absolute atomic E-state index is 13.0. The zero-order valence-electron chi connectivity index (χ0n) is 16.5. The van der Waals surface area contributed by atoms with Crippen molar-refractivity contribution >= 4 is 6.03 Å². The Labute approximate surface area is 166 Å². The molecule has 2 fully saturated rings. The zero-order chi connectivity index (χ0) is 19.3. The molecule has 0 aliphatic carbocycles. The van der Waals surface area contributed by atoms with Gasteiger partial charge in [0.15, 0.2) is 0 Å². The highest BCUT2D eigenvalue weighted by atomic mass is 16.5. The van der Waals surface area contributed by atoms with E-state index in [-0.39, 0.29) is 12.1 Å². The number of piperidine rings is 1. The van der Waals surface area contributed by atoms with E-state index in [0.29, 0.717) is 6.04 Å². The number of nitrogens with one attached hydrogen (secondary N) is 1. The molecule has 1 aromatic carbocycles. The quantitative estimate of drug-likeness (QED) is 0.877. The van der Waals surface area contributed by atoms with E-state index in [4.69, 9.17) is 4.74 Å². The largest absolute Gasteiger partial charge is 0.379 e. The van der Waals surface area contributed by atoms with Gasteiger partial charge in [-0.25, -0.2) is 9.78 Å². The van der Waals surface area contributed by atoms with Crippen molar-refractivity contribution in [1.29, 1.82) is 0 Å². The van der Waals surface area contributed by atoms with Gasteiger partial charge in [0, 0.05) is 51.7 Å². The number of urea groups is 1. The van der Waals surface area contributed by atoms with Gasteiger partial charge < -0.3 is 19.5 Å². The normalized spacial score (nSPS) is 20.1. The third-order valence-corrected chi connectivity index (χ3v) is 5.83. The monoisotopic (exact) mass is 383 g/mol. The lowest BCUT2D eigenvalue weighted by Crippen LogP contribution is -2.52. The molecule has 2 amide bonds. The Morgan fingerprint density at radius 1 is 1.14 bits per heavy atom. The fourth-order valence-electron chi connectivity index (χ4n) is 4.19. The number of ether oxygens (including phenoxy) is 1. The summed E-state index contributed by atoms with van der Waals surface area (Å²) in [7, 11) is 1.96. The van der Waals surface area contributed by atoms with E-state index in [0.717, 1.165) is 63.6 Å². The van der Waals surface area contributed by atoms with E-state index in [1.165, 1.54) is 0 Å². The summed E-state index contributed by atoms with van der Waals surface area (Å²) >= 11 is 0. The predicted octanol–water partition coefficient (Wildman–Crippen LogP) is 2.02. The van der Waals surface area contributed by atoms with Crippen LogP contribution in [-0.4, -0.2) is 70.8 Å². The summed E-state index contributed by atoms with van der Waals surface area (Å²) in [6.07, 6.45) is 5.72. The number of aromatic nitrogens is 2. The molecule has 150 valence electrons. The Morgan fingerprint density at radius 2 is 1.86 bits per heavy atom. The zero-order valence-corrected chi connectivity index (χ0v) is 16.5. The summed E-state index contributed by atoms with van der Waals surface area (Å²) in [5.74, 6) is 0.836. The number of rotatable bonds is 4. The van der Waals surface area contributed by atoms with E-state index in [1.54, 1.807) is 6.20 Å². The number of carbonyl (C=O) groups excluding carboxylic acids is 1. The Morgan fingerprint density at radius 3 is 2.50 bits per heavy atom. The van der Waals surface area contributed by atoms with Gasteiger partial charge in [0.2, 0.25) is 0 Å². The predicted molar refractivity (Wildman–Crippen MR) is 107 cm³/mol. The Kier molecular flexibility index (Phi) is 5.92. The Balaban J connectivity index is 1.40. The highest BCUT2D eigenvalue weighted by Gasteiger charge is 2.29. The van der Waals surface area contributed by atoms with Crippen molar-refractivity contribution in [3.8, 4) is 0 Å². The topological polar surface area (TPSA) is 62.6 Å². The number of hydrogen-bond donors (Lipinski definition) is 1. The second kappa shape index (κ2) is 8.75. The molecule has 0 radical (unpaired) electrons. The molecule has 0 spiro atoms. The first-order chi connectivity index (χ1) is 13.7. The van der Waals surface area contributed by atoms with Crippen molar-refractivity contribution in [2.45, 2.75) is 24.9 Å². The Hall–Kier alpha value is -2.38. The molecule has 0 saturated carbocycles. The molecule has 2 aromatic rings. The van der Waals surface area contributed by atoms with E-state index in [1.807, 2.05) is 53.0 Å². The van der Waals surface area contributed by atoms with Gasteiger partial charge in [-0.15, -0.1) is 0 Å². The van der Waals surface area contributed by atoms with Gasteiger partial charge in [0.25, 0.3) is 0 Å². The first-order valence-electron chi connectivity index (χ1n) is 10.1. The summed E-state index contributed by atoms with van der Waals surface area (Å²) < 4.78 is 7.42. The fraction of sp³-hybridized carbons (Fsp3) is 0.524. The summed E-state index contributed by atoms with van der Waals surface area (Å²) in [4.78, 5) is 21.9. The third-order valence-electron chi connectivity index (χ3n) is 5.83. The number of likely N-dealkylation sites (tertiary alicyclic amines) is 1. The summed E-state index contributed by atoms with van der Waals surface area (Å²) in [6.45, 7) is 5.23. The van der Waals surface area contributed by atoms with Gasteiger partial charge in [0.1, 0.15) is 11.9 Å². The molecule has 7 heteroatoms. The molecule has 2 saturated heterocycles. The van der Waals surface area contributed by atoms with Gasteiger partial charge >= 0.3 is 6.03 Å². The highest BCUT2D eigenvalue weighted by Crippen LogP contribution is 2.22. The van der Waals surface area contributed by atoms with E-state index in [2.05, 4.69) is 15.2 Å². The van der Waals surface area contributed by atoms with Crippen molar-refractivity contribution in [2.75, 3.05) is 39.4 Å². The van der Waals surface area contributed by atoms with E-state index in [9.17, 15) is 4.79 Å². The average Bonchev–Trinajstić information content (AvgIpc) is 3.19. The standard InChI is InChI=1S/C21H29N5O2/c1-24-12-9-22-20(24)19(17-5-3-2-4-6-17)23-21(27)26-10-7-18(8-11-26)25-13-15-28-16-14-25/h2-6,9,12,18-19H,7-8,10-11,13-16H2,1H3,(H,23,27). The van der Waals surface area contributed by atoms with Gasteiger partial charge in [0.05, 0.1) is 13.2 Å². The molecular weight excluding hydrogens is 354 g/mol. The van der Waals surface area contributed by atoms with E-state index >= 15 is 0 Å². The van der Waals surface area contributed by atoms with Crippen LogP contribution in [0.1, 0.15) is 30.3 Å². The smallest absolute Gasteiger partial charge is 0.318 e. The number of morpholine rings is 1. The van der Waals surface area contributed by atoms with Crippen LogP contribution in [-0.2, 0) is 11.8 Å². The molecule has 2 aliphatic rings. The van der Waals surface area contributed by atoms with Crippen LogP contribution >= 0.6 is 0 Å². The molecule has 1 unspecified atom stereocenters. The lowest BCUT2D eigenvalue weighted by molar-refractivity contribution is 0.00375. The number of aryl methyl sites for hydroxylation is 1. The maximum atomic E-state index is 13.0. The number of nitrogens with zero attached hydrogens (tertiary/aromatic N) is 4. The van der Waals surface area contributed by atoms with Crippen LogP contribution in [0.3, 0.4) is 0 Å². The first-order valence-corrected chi connectivity index (χ1v) is 10.1. The first kappa shape index (κ1) is 19.0. The minimum atomic E-state index is -0.259. The van der Waals surface area contributed by atoms with Gasteiger partial charge in [-0.1, -0.05) is 30.3 Å². The van der Waals surface area contributed by atoms with Gasteiger partial charge in [-0.05, 0) is 18.4 Å². The van der Waals surface area contributed by atoms with Crippen molar-refractivity contribution in [2.24, 2.45) is 7.05 Å². The number of imidazole rings is 1. The van der Waals surface area contributed by atoms with Crippen molar-refractivity contribution < 1.29 is 9.53 Å². The fourth-order valence-corrected chi connectivity index (χ4v) is 4.19. The lowest BCUT2D eigenvalue weighted by atomic mass is 10.0. The maximum Gasteiger partial charge on any atom is 0.318 e. The van der Waals surface area contributed by atoms with Crippen molar-refractivity contribution in [1.82, 2.24) is 24.7 Å².